The molecule has 0 saturated heterocycles. The predicted molar refractivity (Wildman–Crippen MR) is 89.9 cm³/mol. The summed E-state index contributed by atoms with van der Waals surface area (Å²) in [6.45, 7) is 15.7. The summed E-state index contributed by atoms with van der Waals surface area (Å²) in [5.74, 6) is 0.599. The van der Waals surface area contributed by atoms with Gasteiger partial charge in [0.25, 0.3) is 0 Å². The molecule has 0 bridgehead atoms. The molecule has 0 aromatic carbocycles. The van der Waals surface area contributed by atoms with E-state index < -0.39 is 6.29 Å². The molecule has 0 aliphatic rings. The van der Waals surface area contributed by atoms with Crippen molar-refractivity contribution in [1.82, 2.24) is 0 Å². The molecule has 0 N–H and O–H groups in total. The van der Waals surface area contributed by atoms with Gasteiger partial charge < -0.3 is 14.4 Å². The first-order valence-corrected chi connectivity index (χ1v) is 7.84. The Morgan fingerprint density at radius 1 is 1.18 bits per heavy atom. The van der Waals surface area contributed by atoms with Crippen LogP contribution in [0.3, 0.4) is 0 Å². The van der Waals surface area contributed by atoms with Gasteiger partial charge in [-0.2, -0.15) is 4.89 Å². The van der Waals surface area contributed by atoms with Crippen molar-refractivity contribution in [3.8, 4) is 0 Å². The van der Waals surface area contributed by atoms with E-state index in [1.165, 1.54) is 0 Å². The second-order valence-electron chi connectivity index (χ2n) is 4.83. The average Bonchev–Trinajstić information content (AvgIpc) is 2.52. The molecule has 0 fully saturated rings. The van der Waals surface area contributed by atoms with Crippen molar-refractivity contribution in [2.75, 3.05) is 6.61 Å². The topological polar surface area (TPSA) is 36.9 Å². The molecule has 0 heterocycles. The SMILES string of the molecule is C=CCOC(CC(C=C)OOC(=C)CCC)OC=CCCC. The fourth-order valence-corrected chi connectivity index (χ4v) is 1.53. The fraction of sp³-hybridized carbons (Fsp3) is 0.556. The molecule has 2 atom stereocenters. The van der Waals surface area contributed by atoms with Crippen LogP contribution in [0.25, 0.3) is 0 Å². The maximum absolute atomic E-state index is 5.58. The maximum atomic E-state index is 5.58. The standard InChI is InChI=1S/C18H30O4/c1-6-10-11-14-20-18(19-13-8-3)15-17(9-4)22-21-16(5)12-7-2/h8-9,11,14,17-18H,3-7,10,12-13,15H2,1-2H3. The van der Waals surface area contributed by atoms with Gasteiger partial charge in [-0.3, -0.25) is 0 Å². The maximum Gasteiger partial charge on any atom is 0.202 e. The van der Waals surface area contributed by atoms with E-state index >= 15 is 0 Å². The van der Waals surface area contributed by atoms with Crippen molar-refractivity contribution in [3.05, 3.63) is 50.0 Å². The molecule has 0 spiro atoms. The second-order valence-corrected chi connectivity index (χ2v) is 4.83. The molecular formula is C18H30O4. The van der Waals surface area contributed by atoms with E-state index in [0.717, 1.165) is 25.7 Å². The van der Waals surface area contributed by atoms with Gasteiger partial charge in [0, 0.05) is 12.8 Å². The highest BCUT2D eigenvalue weighted by Gasteiger charge is 2.17. The average molecular weight is 310 g/mol. The first-order chi connectivity index (χ1) is 10.7. The summed E-state index contributed by atoms with van der Waals surface area (Å²) in [5, 5.41) is 0. The smallest absolute Gasteiger partial charge is 0.202 e. The Hall–Kier alpha value is -1.52. The first-order valence-electron chi connectivity index (χ1n) is 7.84. The van der Waals surface area contributed by atoms with Crippen LogP contribution >= 0.6 is 0 Å². The Labute approximate surface area is 135 Å². The van der Waals surface area contributed by atoms with Crippen LogP contribution in [-0.2, 0) is 19.2 Å². The molecular weight excluding hydrogens is 280 g/mol. The molecule has 4 nitrogen and oxygen atoms in total. The van der Waals surface area contributed by atoms with Crippen molar-refractivity contribution in [3.63, 3.8) is 0 Å². The third-order valence-electron chi connectivity index (χ3n) is 2.69. The third kappa shape index (κ3) is 11.2. The third-order valence-corrected chi connectivity index (χ3v) is 2.69. The molecule has 0 aliphatic carbocycles. The van der Waals surface area contributed by atoms with Crippen LogP contribution < -0.4 is 0 Å². The van der Waals surface area contributed by atoms with Crippen LogP contribution in [0.5, 0.6) is 0 Å². The summed E-state index contributed by atoms with van der Waals surface area (Å²) >= 11 is 0. The van der Waals surface area contributed by atoms with Crippen molar-refractivity contribution in [2.24, 2.45) is 0 Å². The van der Waals surface area contributed by atoms with Crippen LogP contribution in [0, 0.1) is 0 Å². The van der Waals surface area contributed by atoms with Gasteiger partial charge in [-0.25, -0.2) is 0 Å². The zero-order valence-corrected chi connectivity index (χ0v) is 14.0. The molecule has 4 heteroatoms. The Morgan fingerprint density at radius 2 is 1.95 bits per heavy atom. The first kappa shape index (κ1) is 20.5. The van der Waals surface area contributed by atoms with Gasteiger partial charge in [0.15, 0.2) is 0 Å². The van der Waals surface area contributed by atoms with E-state index in [9.17, 15) is 0 Å². The van der Waals surface area contributed by atoms with E-state index in [4.69, 9.17) is 19.2 Å². The van der Waals surface area contributed by atoms with Crippen molar-refractivity contribution >= 4 is 0 Å². The van der Waals surface area contributed by atoms with E-state index in [0.29, 0.717) is 18.8 Å². The minimum Gasteiger partial charge on any atom is -0.473 e. The van der Waals surface area contributed by atoms with E-state index in [1.807, 2.05) is 6.08 Å². The summed E-state index contributed by atoms with van der Waals surface area (Å²) in [6.07, 6.45) is 10.4. The Morgan fingerprint density at radius 3 is 2.55 bits per heavy atom. The lowest BCUT2D eigenvalue weighted by Gasteiger charge is -2.21. The largest absolute Gasteiger partial charge is 0.473 e. The zero-order chi connectivity index (χ0) is 16.6. The van der Waals surface area contributed by atoms with E-state index in [-0.39, 0.29) is 6.10 Å². The zero-order valence-electron chi connectivity index (χ0n) is 14.0. The number of unbranched alkanes of at least 4 members (excludes halogenated alkanes) is 1. The summed E-state index contributed by atoms with van der Waals surface area (Å²) in [6, 6.07) is 0. The van der Waals surface area contributed by atoms with Crippen LogP contribution in [0.2, 0.25) is 0 Å². The summed E-state index contributed by atoms with van der Waals surface area (Å²) in [5.41, 5.74) is 0. The van der Waals surface area contributed by atoms with Gasteiger partial charge in [0.05, 0.1) is 12.9 Å². The number of hydrogen-bond donors (Lipinski definition) is 0. The lowest BCUT2D eigenvalue weighted by Crippen LogP contribution is -2.23. The number of ether oxygens (including phenoxy) is 2. The van der Waals surface area contributed by atoms with Crippen molar-refractivity contribution in [2.45, 2.75) is 58.3 Å². The van der Waals surface area contributed by atoms with Crippen molar-refractivity contribution < 1.29 is 19.2 Å². The highest BCUT2D eigenvalue weighted by atomic mass is 17.2. The monoisotopic (exact) mass is 310 g/mol. The summed E-state index contributed by atoms with van der Waals surface area (Å²) in [7, 11) is 0. The second kappa shape index (κ2) is 14.4. The van der Waals surface area contributed by atoms with Crippen LogP contribution in [-0.4, -0.2) is 19.0 Å². The molecule has 126 valence electrons. The minimum absolute atomic E-state index is 0.344. The lowest BCUT2D eigenvalue weighted by molar-refractivity contribution is -0.294. The Balaban J connectivity index is 4.34. The lowest BCUT2D eigenvalue weighted by atomic mass is 10.2. The molecule has 0 radical (unpaired) electrons. The minimum atomic E-state index is -0.447. The van der Waals surface area contributed by atoms with E-state index in [1.54, 1.807) is 18.4 Å². The highest BCUT2D eigenvalue weighted by molar-refractivity contribution is 4.83. The normalized spacial score (nSPS) is 13.5. The Bertz CT molecular complexity index is 336. The van der Waals surface area contributed by atoms with Gasteiger partial charge in [-0.05, 0) is 18.9 Å². The van der Waals surface area contributed by atoms with E-state index in [2.05, 4.69) is 33.6 Å². The molecule has 0 rings (SSSR count). The summed E-state index contributed by atoms with van der Waals surface area (Å²) in [4.78, 5) is 10.5. The van der Waals surface area contributed by atoms with Gasteiger partial charge in [0.2, 0.25) is 6.29 Å². The van der Waals surface area contributed by atoms with Gasteiger partial charge in [0.1, 0.15) is 11.9 Å². The summed E-state index contributed by atoms with van der Waals surface area (Å²) < 4.78 is 11.1. The molecule has 0 aromatic rings. The van der Waals surface area contributed by atoms with Crippen LogP contribution in [0.15, 0.2) is 50.0 Å². The van der Waals surface area contributed by atoms with Crippen LogP contribution in [0.1, 0.15) is 46.0 Å². The predicted octanol–water partition coefficient (Wildman–Crippen LogP) is 5.05. The van der Waals surface area contributed by atoms with Gasteiger partial charge in [-0.1, -0.05) is 39.0 Å². The molecule has 0 aromatic heterocycles. The number of allylic oxidation sites excluding steroid dienone is 2. The van der Waals surface area contributed by atoms with Crippen molar-refractivity contribution in [1.29, 1.82) is 0 Å². The molecule has 0 aliphatic heterocycles. The quantitative estimate of drug-likeness (QED) is 0.139. The molecule has 0 saturated carbocycles. The fourth-order valence-electron chi connectivity index (χ4n) is 1.53. The van der Waals surface area contributed by atoms with Gasteiger partial charge in [-0.15, -0.1) is 13.2 Å². The highest BCUT2D eigenvalue weighted by Crippen LogP contribution is 2.13. The Kier molecular flexibility index (Phi) is 13.4. The molecule has 22 heavy (non-hydrogen) atoms. The number of hydrogen-bond acceptors (Lipinski definition) is 4. The molecule has 2 unspecified atom stereocenters. The molecule has 0 amide bonds. The van der Waals surface area contributed by atoms with Gasteiger partial charge >= 0.3 is 0 Å². The van der Waals surface area contributed by atoms with Crippen LogP contribution in [0.4, 0.5) is 0 Å². The number of rotatable bonds is 15.